The fourth-order valence-corrected chi connectivity index (χ4v) is 5.97. The molecule has 7 nitrogen and oxygen atoms in total. The number of hydrogen-bond donors (Lipinski definition) is 1. The van der Waals surface area contributed by atoms with E-state index >= 15 is 0 Å². The highest BCUT2D eigenvalue weighted by Gasteiger charge is 2.36. The van der Waals surface area contributed by atoms with Gasteiger partial charge in [-0.3, -0.25) is 9.10 Å². The molecular formula is C26H24ClF2NO6S. The monoisotopic (exact) mass is 551 g/mol. The van der Waals surface area contributed by atoms with E-state index in [1.54, 1.807) is 49.4 Å². The van der Waals surface area contributed by atoms with Crippen LogP contribution < -0.4 is 13.8 Å². The Morgan fingerprint density at radius 2 is 1.92 bits per heavy atom. The quantitative estimate of drug-likeness (QED) is 0.370. The van der Waals surface area contributed by atoms with Crippen molar-refractivity contribution in [1.82, 2.24) is 0 Å². The average molecular weight is 552 g/mol. The summed E-state index contributed by atoms with van der Waals surface area (Å²) in [6, 6.07) is 15.4. The molecule has 0 radical (unpaired) electrons. The van der Waals surface area contributed by atoms with E-state index in [-0.39, 0.29) is 40.1 Å². The number of halogens is 3. The third kappa shape index (κ3) is 5.97. The maximum absolute atomic E-state index is 13.8. The number of carboxylic acid groups (broad SMARTS) is 1. The van der Waals surface area contributed by atoms with Crippen LogP contribution in [0, 0.1) is 12.8 Å². The number of rotatable bonds is 8. The molecule has 11 heteroatoms. The van der Waals surface area contributed by atoms with E-state index in [0.29, 0.717) is 11.1 Å². The zero-order valence-electron chi connectivity index (χ0n) is 19.9. The maximum Gasteiger partial charge on any atom is 0.387 e. The first-order valence-corrected chi connectivity index (χ1v) is 13.1. The molecule has 0 fully saturated rings. The van der Waals surface area contributed by atoms with Crippen molar-refractivity contribution >= 4 is 33.3 Å². The molecule has 0 aromatic heterocycles. The standard InChI is InChI=1S/C26H24ClF2NO6S/c1-15-4-3-5-22(8-15)37(33,34)30-14-21(9-16(2)25(31)32)35-24-7-6-17(12-23(24)30)18-10-19(27)13-20(11-18)36-26(28)29/h3-8,10-13,16,21,26H,9,14H2,1-2H3,(H,31,32)/t16-,21+/m1/s1. The molecule has 1 heterocycles. The molecule has 0 aliphatic carbocycles. The summed E-state index contributed by atoms with van der Waals surface area (Å²) in [6.45, 7) is 0.157. The molecule has 0 saturated heterocycles. The molecule has 37 heavy (non-hydrogen) atoms. The second-order valence-electron chi connectivity index (χ2n) is 8.80. The number of alkyl halides is 2. The molecule has 1 aliphatic rings. The number of carbonyl (C=O) groups is 1. The Balaban J connectivity index is 1.81. The van der Waals surface area contributed by atoms with Crippen LogP contribution in [0.3, 0.4) is 0 Å². The summed E-state index contributed by atoms with van der Waals surface area (Å²) in [4.78, 5) is 11.5. The van der Waals surface area contributed by atoms with Crippen molar-refractivity contribution in [3.05, 3.63) is 71.2 Å². The fraction of sp³-hybridized carbons (Fsp3) is 0.269. The van der Waals surface area contributed by atoms with Crippen molar-refractivity contribution in [3.63, 3.8) is 0 Å². The first-order valence-electron chi connectivity index (χ1n) is 11.3. The lowest BCUT2D eigenvalue weighted by molar-refractivity contribution is -0.142. The van der Waals surface area contributed by atoms with Crippen molar-refractivity contribution < 1.29 is 36.6 Å². The van der Waals surface area contributed by atoms with Crippen LogP contribution in [-0.4, -0.2) is 38.8 Å². The van der Waals surface area contributed by atoms with Crippen molar-refractivity contribution in [3.8, 4) is 22.6 Å². The normalized spacial score (nSPS) is 16.2. The third-order valence-electron chi connectivity index (χ3n) is 5.94. The lowest BCUT2D eigenvalue weighted by Gasteiger charge is -2.36. The van der Waals surface area contributed by atoms with Gasteiger partial charge in [0.2, 0.25) is 0 Å². The molecule has 1 N–H and O–H groups in total. The van der Waals surface area contributed by atoms with Gasteiger partial charge in [-0.05, 0) is 72.5 Å². The van der Waals surface area contributed by atoms with Crippen LogP contribution in [0.15, 0.2) is 65.6 Å². The minimum atomic E-state index is -4.06. The Kier molecular flexibility index (Phi) is 7.61. The van der Waals surface area contributed by atoms with Crippen molar-refractivity contribution in [2.45, 2.75) is 37.9 Å². The predicted molar refractivity (Wildman–Crippen MR) is 135 cm³/mol. The summed E-state index contributed by atoms with van der Waals surface area (Å²) in [5, 5.41) is 9.51. The van der Waals surface area contributed by atoms with Gasteiger partial charge < -0.3 is 14.6 Å². The van der Waals surface area contributed by atoms with Gasteiger partial charge in [0.15, 0.2) is 0 Å². The predicted octanol–water partition coefficient (Wildman–Crippen LogP) is 5.98. The Bertz CT molecular complexity index is 1430. The zero-order chi connectivity index (χ0) is 26.9. The topological polar surface area (TPSA) is 93.1 Å². The third-order valence-corrected chi connectivity index (χ3v) is 7.93. The Labute approximate surface area is 218 Å². The summed E-state index contributed by atoms with van der Waals surface area (Å²) < 4.78 is 64.8. The van der Waals surface area contributed by atoms with Gasteiger partial charge in [0.05, 0.1) is 23.0 Å². The number of nitrogens with zero attached hydrogens (tertiary/aromatic N) is 1. The lowest BCUT2D eigenvalue weighted by Crippen LogP contribution is -2.44. The molecular weight excluding hydrogens is 528 g/mol. The van der Waals surface area contributed by atoms with Gasteiger partial charge in [0.1, 0.15) is 17.6 Å². The SMILES string of the molecule is Cc1cccc(S(=O)(=O)N2C[C@H](C[C@@H](C)C(=O)O)Oc3ccc(-c4cc(Cl)cc(OC(F)F)c4)cc32)c1. The highest BCUT2D eigenvalue weighted by molar-refractivity contribution is 7.92. The fourth-order valence-electron chi connectivity index (χ4n) is 4.14. The molecule has 0 amide bonds. The molecule has 0 unspecified atom stereocenters. The molecule has 0 saturated carbocycles. The van der Waals surface area contributed by atoms with Gasteiger partial charge in [-0.25, -0.2) is 8.42 Å². The number of ether oxygens (including phenoxy) is 2. The van der Waals surface area contributed by atoms with Gasteiger partial charge in [-0.2, -0.15) is 8.78 Å². The van der Waals surface area contributed by atoms with Crippen LogP contribution in [0.25, 0.3) is 11.1 Å². The van der Waals surface area contributed by atoms with E-state index < -0.39 is 34.6 Å². The number of hydrogen-bond acceptors (Lipinski definition) is 5. The van der Waals surface area contributed by atoms with Crippen LogP contribution in [0.5, 0.6) is 11.5 Å². The average Bonchev–Trinajstić information content (AvgIpc) is 2.82. The van der Waals surface area contributed by atoms with Crippen molar-refractivity contribution in [2.75, 3.05) is 10.8 Å². The van der Waals surface area contributed by atoms with E-state index in [0.717, 1.165) is 5.56 Å². The van der Waals surface area contributed by atoms with Crippen LogP contribution in [0.4, 0.5) is 14.5 Å². The first-order chi connectivity index (χ1) is 17.4. The smallest absolute Gasteiger partial charge is 0.387 e. The van der Waals surface area contributed by atoms with E-state index in [4.69, 9.17) is 16.3 Å². The number of sulfonamides is 1. The van der Waals surface area contributed by atoms with Gasteiger partial charge in [-0.15, -0.1) is 0 Å². The number of aliphatic carboxylic acids is 1. The summed E-state index contributed by atoms with van der Waals surface area (Å²) in [5.41, 5.74) is 1.91. The number of anilines is 1. The van der Waals surface area contributed by atoms with Crippen LogP contribution in [0.1, 0.15) is 18.9 Å². The van der Waals surface area contributed by atoms with E-state index in [9.17, 15) is 27.1 Å². The maximum atomic E-state index is 13.8. The zero-order valence-corrected chi connectivity index (χ0v) is 21.5. The van der Waals surface area contributed by atoms with Gasteiger partial charge in [-0.1, -0.05) is 36.7 Å². The number of carboxylic acids is 1. The molecule has 3 aromatic carbocycles. The minimum absolute atomic E-state index is 0.0751. The Hall–Kier alpha value is -3.37. The minimum Gasteiger partial charge on any atom is -0.486 e. The van der Waals surface area contributed by atoms with Crippen molar-refractivity contribution in [2.24, 2.45) is 5.92 Å². The highest BCUT2D eigenvalue weighted by Crippen LogP contribution is 2.41. The number of benzene rings is 3. The number of fused-ring (bicyclic) bond motifs is 1. The molecule has 3 aromatic rings. The van der Waals surface area contributed by atoms with Crippen LogP contribution in [0.2, 0.25) is 5.02 Å². The summed E-state index contributed by atoms with van der Waals surface area (Å²) in [6.07, 6.45) is -0.611. The van der Waals surface area contributed by atoms with Gasteiger partial charge in [0, 0.05) is 5.02 Å². The van der Waals surface area contributed by atoms with Crippen molar-refractivity contribution in [1.29, 1.82) is 0 Å². The Morgan fingerprint density at radius 3 is 2.59 bits per heavy atom. The molecule has 1 aliphatic heterocycles. The molecule has 0 bridgehead atoms. The molecule has 2 atom stereocenters. The van der Waals surface area contributed by atoms with Crippen LogP contribution >= 0.6 is 11.6 Å². The largest absolute Gasteiger partial charge is 0.486 e. The van der Waals surface area contributed by atoms with E-state index in [1.807, 2.05) is 0 Å². The second-order valence-corrected chi connectivity index (χ2v) is 11.1. The highest BCUT2D eigenvalue weighted by atomic mass is 35.5. The second kappa shape index (κ2) is 10.5. The summed E-state index contributed by atoms with van der Waals surface area (Å²) >= 11 is 6.11. The van der Waals surface area contributed by atoms with E-state index in [2.05, 4.69) is 4.74 Å². The molecule has 0 spiro atoms. The Morgan fingerprint density at radius 1 is 1.16 bits per heavy atom. The molecule has 196 valence electrons. The summed E-state index contributed by atoms with van der Waals surface area (Å²) in [7, 11) is -4.06. The van der Waals surface area contributed by atoms with Crippen LogP contribution in [-0.2, 0) is 14.8 Å². The summed E-state index contributed by atoms with van der Waals surface area (Å²) in [5.74, 6) is -1.66. The molecule has 4 rings (SSSR count). The van der Waals surface area contributed by atoms with E-state index in [1.165, 1.54) is 29.4 Å². The van der Waals surface area contributed by atoms with Gasteiger partial charge >= 0.3 is 12.6 Å². The first kappa shape index (κ1) is 26.7. The lowest BCUT2D eigenvalue weighted by atomic mass is 10.0. The number of aryl methyl sites for hydroxylation is 1. The van der Waals surface area contributed by atoms with Gasteiger partial charge in [0.25, 0.3) is 10.0 Å².